The molecule has 1 amide bonds. The lowest BCUT2D eigenvalue weighted by Gasteiger charge is -2.34. The van der Waals surface area contributed by atoms with Crippen LogP contribution in [0.5, 0.6) is 0 Å². The molecule has 1 atom stereocenters. The van der Waals surface area contributed by atoms with Crippen LogP contribution in [0.15, 0.2) is 25.3 Å². The molecule has 0 bridgehead atoms. The lowest BCUT2D eigenvalue weighted by Crippen LogP contribution is -2.57. The van der Waals surface area contributed by atoms with Gasteiger partial charge in [-0.15, -0.1) is 0 Å². The number of rotatable bonds is 6. The molecule has 0 aliphatic carbocycles. The van der Waals surface area contributed by atoms with Gasteiger partial charge in [-0.3, -0.25) is 0 Å². The van der Waals surface area contributed by atoms with Gasteiger partial charge in [0.15, 0.2) is 6.54 Å². The van der Waals surface area contributed by atoms with Crippen LogP contribution in [0.1, 0.15) is 6.42 Å². The lowest BCUT2D eigenvalue weighted by molar-refractivity contribution is -0.859. The van der Waals surface area contributed by atoms with Crippen molar-refractivity contribution in [3.63, 3.8) is 0 Å². The van der Waals surface area contributed by atoms with Gasteiger partial charge < -0.3 is 0 Å². The van der Waals surface area contributed by atoms with Gasteiger partial charge in [-0.1, -0.05) is 13.2 Å². The van der Waals surface area contributed by atoms with E-state index in [2.05, 4.69) is 13.2 Å². The minimum atomic E-state index is -4.77. The standard InChI is InChI=1S/C11H14F6NO/c1-3-6-18(9(19)4-2,8-11(15,16)17)7-5-10(12,13)14/h3-4H,1-2,5-8H2/q+1. The first-order valence-corrected chi connectivity index (χ1v) is 5.23. The van der Waals surface area contributed by atoms with Crippen molar-refractivity contribution in [2.45, 2.75) is 18.8 Å². The normalized spacial score (nSPS) is 15.7. The Labute approximate surface area is 106 Å². The maximum atomic E-state index is 12.5. The summed E-state index contributed by atoms with van der Waals surface area (Å²) in [6, 6.07) is 0. The van der Waals surface area contributed by atoms with Crippen LogP contribution in [0, 0.1) is 0 Å². The van der Waals surface area contributed by atoms with Crippen LogP contribution < -0.4 is 0 Å². The fourth-order valence-corrected chi connectivity index (χ4v) is 1.64. The van der Waals surface area contributed by atoms with E-state index in [0.717, 1.165) is 6.08 Å². The predicted molar refractivity (Wildman–Crippen MR) is 57.0 cm³/mol. The van der Waals surface area contributed by atoms with E-state index in [-0.39, 0.29) is 0 Å². The zero-order chi connectivity index (χ0) is 15.3. The smallest absolute Gasteiger partial charge is 0.246 e. The first kappa shape index (κ1) is 17.7. The average molecular weight is 290 g/mol. The Bertz CT molecular complexity index is 346. The summed E-state index contributed by atoms with van der Waals surface area (Å²) in [7, 11) is 0. The van der Waals surface area contributed by atoms with Crippen molar-refractivity contribution < 1.29 is 35.6 Å². The van der Waals surface area contributed by atoms with E-state index in [0.29, 0.717) is 6.08 Å². The van der Waals surface area contributed by atoms with Gasteiger partial charge in [0, 0.05) is 6.08 Å². The Kier molecular flexibility index (Phi) is 5.80. The SMILES string of the molecule is C=CC[N+](CCC(F)(F)F)(CC(F)(F)F)C(=O)C=C. The van der Waals surface area contributed by atoms with E-state index in [4.69, 9.17) is 0 Å². The molecule has 0 heterocycles. The second kappa shape index (κ2) is 6.23. The third-order valence-electron chi connectivity index (χ3n) is 2.43. The van der Waals surface area contributed by atoms with Crippen molar-refractivity contribution >= 4 is 5.91 Å². The van der Waals surface area contributed by atoms with Crippen LogP contribution in [-0.4, -0.2) is 42.4 Å². The van der Waals surface area contributed by atoms with Crippen molar-refractivity contribution in [1.82, 2.24) is 0 Å². The van der Waals surface area contributed by atoms with Gasteiger partial charge in [-0.05, 0) is 6.08 Å². The highest BCUT2D eigenvalue weighted by Gasteiger charge is 2.47. The van der Waals surface area contributed by atoms with Gasteiger partial charge in [0.2, 0.25) is 0 Å². The molecule has 0 aromatic rings. The van der Waals surface area contributed by atoms with Crippen LogP contribution in [0.25, 0.3) is 0 Å². The molecule has 0 saturated heterocycles. The quantitative estimate of drug-likeness (QED) is 0.318. The number of amides is 1. The van der Waals surface area contributed by atoms with Crippen LogP contribution in [0.4, 0.5) is 26.3 Å². The molecule has 0 radical (unpaired) electrons. The molecular formula is C11H14F6NO+. The number of quaternary nitrogens is 1. The van der Waals surface area contributed by atoms with Crippen molar-refractivity contribution in [3.8, 4) is 0 Å². The molecule has 110 valence electrons. The first-order valence-electron chi connectivity index (χ1n) is 5.23. The molecule has 0 aliphatic rings. The number of carbonyl (C=O) groups excluding carboxylic acids is 1. The summed E-state index contributed by atoms with van der Waals surface area (Å²) < 4.78 is 72.5. The van der Waals surface area contributed by atoms with Crippen LogP contribution in [0.3, 0.4) is 0 Å². The van der Waals surface area contributed by atoms with Gasteiger partial charge in [0.1, 0.15) is 6.54 Å². The molecule has 19 heavy (non-hydrogen) atoms. The van der Waals surface area contributed by atoms with E-state index in [1.54, 1.807) is 0 Å². The zero-order valence-corrected chi connectivity index (χ0v) is 10.0. The van der Waals surface area contributed by atoms with E-state index >= 15 is 0 Å². The van der Waals surface area contributed by atoms with E-state index in [9.17, 15) is 31.1 Å². The van der Waals surface area contributed by atoms with Crippen molar-refractivity contribution in [3.05, 3.63) is 25.3 Å². The third kappa shape index (κ3) is 6.42. The maximum absolute atomic E-state index is 12.5. The minimum absolute atomic E-state index is 0.541. The fourth-order valence-electron chi connectivity index (χ4n) is 1.64. The summed E-state index contributed by atoms with van der Waals surface area (Å²) in [6.07, 6.45) is -9.31. The van der Waals surface area contributed by atoms with Crippen molar-refractivity contribution in [2.24, 2.45) is 0 Å². The molecule has 0 fully saturated rings. The van der Waals surface area contributed by atoms with Gasteiger partial charge in [0.25, 0.3) is 0 Å². The largest absolute Gasteiger partial charge is 0.438 e. The van der Waals surface area contributed by atoms with Crippen LogP contribution in [0.2, 0.25) is 0 Å². The number of halogens is 6. The highest BCUT2D eigenvalue weighted by atomic mass is 19.4. The molecule has 0 rings (SSSR count). The second-order valence-electron chi connectivity index (χ2n) is 4.02. The molecule has 0 aromatic carbocycles. The number of hydrogen-bond acceptors (Lipinski definition) is 1. The highest BCUT2D eigenvalue weighted by molar-refractivity contribution is 5.80. The molecule has 0 spiro atoms. The summed E-state index contributed by atoms with van der Waals surface area (Å²) in [4.78, 5) is 11.6. The zero-order valence-electron chi connectivity index (χ0n) is 10.0. The van der Waals surface area contributed by atoms with Crippen molar-refractivity contribution in [2.75, 3.05) is 19.6 Å². The topological polar surface area (TPSA) is 17.1 Å². The minimum Gasteiger partial charge on any atom is -0.246 e. The Hall–Kier alpha value is -1.31. The third-order valence-corrected chi connectivity index (χ3v) is 2.43. The van der Waals surface area contributed by atoms with Crippen LogP contribution >= 0.6 is 0 Å². The number of nitrogens with zero attached hydrogens (tertiary/aromatic N) is 1. The van der Waals surface area contributed by atoms with Crippen molar-refractivity contribution in [1.29, 1.82) is 0 Å². The second-order valence-corrected chi connectivity index (χ2v) is 4.02. The maximum Gasteiger partial charge on any atom is 0.438 e. The van der Waals surface area contributed by atoms with Crippen LogP contribution in [-0.2, 0) is 4.79 Å². The summed E-state index contributed by atoms with van der Waals surface area (Å²) in [5, 5.41) is 0. The fraction of sp³-hybridized carbons (Fsp3) is 0.545. The number of hydrogen-bond donors (Lipinski definition) is 0. The average Bonchev–Trinajstić information content (AvgIpc) is 2.22. The number of carbonyl (C=O) groups is 1. The molecule has 0 aliphatic heterocycles. The van der Waals surface area contributed by atoms with Gasteiger partial charge in [0.05, 0.1) is 13.0 Å². The van der Waals surface area contributed by atoms with E-state index < -0.39 is 48.8 Å². The van der Waals surface area contributed by atoms with Gasteiger partial charge >= 0.3 is 18.3 Å². The summed E-state index contributed by atoms with van der Waals surface area (Å²) >= 11 is 0. The molecule has 2 nitrogen and oxygen atoms in total. The number of alkyl halides is 6. The first-order chi connectivity index (χ1) is 8.46. The molecule has 8 heteroatoms. The Morgan fingerprint density at radius 2 is 1.58 bits per heavy atom. The Morgan fingerprint density at radius 1 is 1.05 bits per heavy atom. The Morgan fingerprint density at radius 3 is 1.89 bits per heavy atom. The summed E-state index contributed by atoms with van der Waals surface area (Å²) in [5.74, 6) is -1.11. The molecule has 0 saturated carbocycles. The molecule has 0 N–H and O–H groups in total. The molecular weight excluding hydrogens is 276 g/mol. The predicted octanol–water partition coefficient (Wildman–Crippen LogP) is 3.22. The summed E-state index contributed by atoms with van der Waals surface area (Å²) in [6.45, 7) is 3.00. The molecule has 1 unspecified atom stereocenters. The van der Waals surface area contributed by atoms with Gasteiger partial charge in [-0.2, -0.15) is 26.3 Å². The lowest BCUT2D eigenvalue weighted by atomic mass is 10.2. The van der Waals surface area contributed by atoms with E-state index in [1.807, 2.05) is 0 Å². The van der Waals surface area contributed by atoms with Gasteiger partial charge in [-0.25, -0.2) is 9.28 Å². The monoisotopic (exact) mass is 290 g/mol. The highest BCUT2D eigenvalue weighted by Crippen LogP contribution is 2.27. The molecule has 0 aromatic heterocycles. The summed E-state index contributed by atoms with van der Waals surface area (Å²) in [5.41, 5.74) is 0. The van der Waals surface area contributed by atoms with E-state index in [1.165, 1.54) is 0 Å². The Balaban J connectivity index is 5.31.